The van der Waals surface area contributed by atoms with Crippen molar-refractivity contribution in [2.75, 3.05) is 13.7 Å². The van der Waals surface area contributed by atoms with Gasteiger partial charge in [-0.1, -0.05) is 121 Å². The van der Waals surface area contributed by atoms with Gasteiger partial charge in [0.15, 0.2) is 6.29 Å². The third-order valence-electron chi connectivity index (χ3n) is 7.28. The van der Waals surface area contributed by atoms with E-state index in [0.717, 1.165) is 22.3 Å². The summed E-state index contributed by atoms with van der Waals surface area (Å²) in [4.78, 5) is 11.0. The minimum atomic E-state index is -4.64. The smallest absolute Gasteiger partial charge is 0.374 e. The zero-order chi connectivity index (χ0) is 31.3. The van der Waals surface area contributed by atoms with Crippen LogP contribution in [0.3, 0.4) is 0 Å². The van der Waals surface area contributed by atoms with Crippen LogP contribution in [0.15, 0.2) is 121 Å². The van der Waals surface area contributed by atoms with Crippen molar-refractivity contribution in [1.82, 2.24) is 0 Å². The number of phosphoric ester groups is 1. The summed E-state index contributed by atoms with van der Waals surface area (Å²) in [5.41, 5.74) is 3.51. The Bertz CT molecular complexity index is 1440. The monoisotopic (exact) mass is 634 g/mol. The second kappa shape index (κ2) is 16.9. The van der Waals surface area contributed by atoms with Crippen LogP contribution in [-0.4, -0.2) is 49.3 Å². The van der Waals surface area contributed by atoms with E-state index in [2.05, 4.69) is 0 Å². The molecule has 1 aliphatic heterocycles. The summed E-state index contributed by atoms with van der Waals surface area (Å²) in [5, 5.41) is 0. The van der Waals surface area contributed by atoms with E-state index in [1.807, 2.05) is 109 Å². The molecule has 0 amide bonds. The van der Waals surface area contributed by atoms with Crippen molar-refractivity contribution in [3.8, 4) is 0 Å². The van der Waals surface area contributed by atoms with Crippen LogP contribution in [0.25, 0.3) is 0 Å². The average molecular weight is 635 g/mol. The van der Waals surface area contributed by atoms with Gasteiger partial charge in [-0.3, -0.25) is 9.05 Å². The first-order valence-corrected chi connectivity index (χ1v) is 16.3. The van der Waals surface area contributed by atoms with Crippen molar-refractivity contribution in [3.63, 3.8) is 0 Å². The molecule has 1 saturated heterocycles. The van der Waals surface area contributed by atoms with Gasteiger partial charge >= 0.3 is 7.82 Å². The number of rotatable bonds is 16. The SMILES string of the molecule is CO[C@H]1O[C@H](COCc2ccccc2)[C@@H](OCc2ccccc2)[C@H](OP(=O)(O)OCc2ccccc2)[C@@H]1OCc1ccccc1. The fourth-order valence-electron chi connectivity index (χ4n) is 5.01. The molecule has 4 aromatic carbocycles. The van der Waals surface area contributed by atoms with Crippen LogP contribution >= 0.6 is 7.82 Å². The molecule has 238 valence electrons. The molecule has 0 spiro atoms. The van der Waals surface area contributed by atoms with Crippen molar-refractivity contribution in [2.45, 2.75) is 57.1 Å². The van der Waals surface area contributed by atoms with E-state index in [1.54, 1.807) is 12.1 Å². The highest BCUT2D eigenvalue weighted by molar-refractivity contribution is 7.47. The molecule has 6 atom stereocenters. The van der Waals surface area contributed by atoms with E-state index in [1.165, 1.54) is 7.11 Å². The lowest BCUT2D eigenvalue weighted by atomic mass is 9.98. The Morgan fingerprint density at radius 1 is 0.622 bits per heavy atom. The molecule has 0 aromatic heterocycles. The maximum atomic E-state index is 13.5. The first-order valence-electron chi connectivity index (χ1n) is 14.8. The Morgan fingerprint density at radius 2 is 1.07 bits per heavy atom. The summed E-state index contributed by atoms with van der Waals surface area (Å²) in [6, 6.07) is 38.0. The number of hydrogen-bond acceptors (Lipinski definition) is 8. The Kier molecular flexibility index (Phi) is 12.5. The summed E-state index contributed by atoms with van der Waals surface area (Å²) in [7, 11) is -3.16. The molecular weight excluding hydrogens is 595 g/mol. The second-order valence-electron chi connectivity index (χ2n) is 10.6. The molecule has 1 N–H and O–H groups in total. The van der Waals surface area contributed by atoms with Gasteiger partial charge in [0.1, 0.15) is 24.4 Å². The van der Waals surface area contributed by atoms with E-state index in [-0.39, 0.29) is 26.4 Å². The Labute approximate surface area is 264 Å². The minimum Gasteiger partial charge on any atom is -0.374 e. The zero-order valence-electron chi connectivity index (χ0n) is 25.1. The van der Waals surface area contributed by atoms with Crippen LogP contribution in [0.2, 0.25) is 0 Å². The summed E-state index contributed by atoms with van der Waals surface area (Å²) in [5.74, 6) is 0. The second-order valence-corrected chi connectivity index (χ2v) is 12.0. The van der Waals surface area contributed by atoms with Gasteiger partial charge in [-0.05, 0) is 22.3 Å². The number of ether oxygens (including phenoxy) is 5. The van der Waals surface area contributed by atoms with Crippen LogP contribution < -0.4 is 0 Å². The number of phosphoric acid groups is 1. The predicted molar refractivity (Wildman–Crippen MR) is 168 cm³/mol. The molecule has 1 unspecified atom stereocenters. The Balaban J connectivity index is 1.41. The number of hydrogen-bond donors (Lipinski definition) is 1. The number of methoxy groups -OCH3 is 1. The predicted octanol–water partition coefficient (Wildman–Crippen LogP) is 6.45. The van der Waals surface area contributed by atoms with Crippen molar-refractivity contribution in [2.24, 2.45) is 0 Å². The molecule has 1 aliphatic rings. The molecule has 45 heavy (non-hydrogen) atoms. The quantitative estimate of drug-likeness (QED) is 0.139. The first-order chi connectivity index (χ1) is 22.0. The molecule has 0 radical (unpaired) electrons. The molecule has 4 aromatic rings. The minimum absolute atomic E-state index is 0.0973. The molecule has 0 bridgehead atoms. The fraction of sp³-hybridized carbons (Fsp3) is 0.314. The number of benzene rings is 4. The lowest BCUT2D eigenvalue weighted by Gasteiger charge is -2.45. The Morgan fingerprint density at radius 3 is 1.56 bits per heavy atom. The lowest BCUT2D eigenvalue weighted by molar-refractivity contribution is -0.312. The third-order valence-corrected chi connectivity index (χ3v) is 8.25. The van der Waals surface area contributed by atoms with Gasteiger partial charge in [-0.25, -0.2) is 4.57 Å². The van der Waals surface area contributed by atoms with E-state index in [9.17, 15) is 9.46 Å². The van der Waals surface area contributed by atoms with Crippen molar-refractivity contribution < 1.29 is 42.2 Å². The standard InChI is InChI=1S/C35H39O9P/c1-38-35-34(41-24-29-18-10-4-11-19-29)33(44-45(36,37)42-25-30-20-12-5-13-21-30)32(40-23-28-16-8-3-9-17-28)31(43-35)26-39-22-27-14-6-2-7-15-27/h2-21,31-35H,22-26H2,1H3,(H,36,37)/t31-,32-,33+,34+,35+/m1/s1. The van der Waals surface area contributed by atoms with E-state index < -0.39 is 38.5 Å². The molecule has 0 saturated carbocycles. The highest BCUT2D eigenvalue weighted by Crippen LogP contribution is 2.48. The van der Waals surface area contributed by atoms with Crippen LogP contribution in [0.4, 0.5) is 0 Å². The maximum Gasteiger partial charge on any atom is 0.472 e. The van der Waals surface area contributed by atoms with Gasteiger partial charge in [-0.15, -0.1) is 0 Å². The molecule has 0 aliphatic carbocycles. The van der Waals surface area contributed by atoms with Crippen LogP contribution in [0.1, 0.15) is 22.3 Å². The van der Waals surface area contributed by atoms with Gasteiger partial charge in [0, 0.05) is 7.11 Å². The largest absolute Gasteiger partial charge is 0.472 e. The molecule has 10 heteroatoms. The van der Waals surface area contributed by atoms with Crippen LogP contribution in [0, 0.1) is 0 Å². The van der Waals surface area contributed by atoms with Crippen LogP contribution in [0.5, 0.6) is 0 Å². The highest BCUT2D eigenvalue weighted by Gasteiger charge is 2.51. The summed E-state index contributed by atoms with van der Waals surface area (Å²) in [6.45, 7) is 0.672. The summed E-state index contributed by atoms with van der Waals surface area (Å²) < 4.78 is 55.8. The van der Waals surface area contributed by atoms with E-state index in [4.69, 9.17) is 32.7 Å². The highest BCUT2D eigenvalue weighted by atomic mass is 31.2. The average Bonchev–Trinajstić information content (AvgIpc) is 3.08. The molecule has 1 heterocycles. The maximum absolute atomic E-state index is 13.5. The van der Waals surface area contributed by atoms with Gasteiger partial charge < -0.3 is 28.6 Å². The zero-order valence-corrected chi connectivity index (χ0v) is 26.0. The van der Waals surface area contributed by atoms with Gasteiger partial charge in [0.25, 0.3) is 0 Å². The third kappa shape index (κ3) is 10.1. The molecule has 9 nitrogen and oxygen atoms in total. The summed E-state index contributed by atoms with van der Waals surface area (Å²) in [6.07, 6.45) is -4.68. The van der Waals surface area contributed by atoms with Crippen molar-refractivity contribution in [3.05, 3.63) is 144 Å². The van der Waals surface area contributed by atoms with Gasteiger partial charge in [0.2, 0.25) is 0 Å². The van der Waals surface area contributed by atoms with Crippen LogP contribution in [-0.2, 0) is 63.7 Å². The lowest BCUT2D eigenvalue weighted by Crippen LogP contribution is -2.61. The van der Waals surface area contributed by atoms with Crippen molar-refractivity contribution in [1.29, 1.82) is 0 Å². The normalized spacial score (nSPS) is 22.9. The van der Waals surface area contributed by atoms with Gasteiger partial charge in [0.05, 0.1) is 33.0 Å². The molecule has 1 fully saturated rings. The van der Waals surface area contributed by atoms with Crippen molar-refractivity contribution >= 4 is 7.82 Å². The Hall–Kier alpha value is -3.21. The van der Waals surface area contributed by atoms with Gasteiger partial charge in [-0.2, -0.15) is 0 Å². The summed E-state index contributed by atoms with van der Waals surface area (Å²) >= 11 is 0. The fourth-order valence-corrected chi connectivity index (χ4v) is 5.94. The molecular formula is C35H39O9P. The van der Waals surface area contributed by atoms with E-state index in [0.29, 0.717) is 6.61 Å². The topological polar surface area (TPSA) is 102 Å². The molecule has 5 rings (SSSR count). The first kappa shape index (κ1) is 33.2. The van der Waals surface area contributed by atoms with E-state index >= 15 is 0 Å².